The Balaban J connectivity index is 1.47. The van der Waals surface area contributed by atoms with Gasteiger partial charge in [-0.3, -0.25) is 4.90 Å². The molecule has 0 saturated carbocycles. The van der Waals surface area contributed by atoms with E-state index in [1.807, 2.05) is 71.6 Å². The summed E-state index contributed by atoms with van der Waals surface area (Å²) < 4.78 is 2.26. The number of aromatic carboxylic acids is 1. The number of hydrogen-bond acceptors (Lipinski definition) is 3. The average Bonchev–Trinajstić information content (AvgIpc) is 3.42. The Bertz CT molecular complexity index is 1740. The third kappa shape index (κ3) is 8.02. The van der Waals surface area contributed by atoms with Crippen molar-refractivity contribution in [2.75, 3.05) is 11.4 Å². The van der Waals surface area contributed by atoms with Gasteiger partial charge in [0.15, 0.2) is 0 Å². The fraction of sp³-hybridized carbons (Fsp3) is 0.308. The van der Waals surface area contributed by atoms with Crippen LogP contribution >= 0.6 is 0 Å². The number of unbranched alkanes of at least 4 members (excludes halogenated alkanes) is 4. The summed E-state index contributed by atoms with van der Waals surface area (Å²) in [5, 5.41) is 12.8. The third-order valence-corrected chi connectivity index (χ3v) is 8.37. The fourth-order valence-corrected chi connectivity index (χ4v) is 5.81. The first-order valence-corrected chi connectivity index (χ1v) is 16.5. The van der Waals surface area contributed by atoms with E-state index in [4.69, 9.17) is 4.98 Å². The van der Waals surface area contributed by atoms with Gasteiger partial charge in [-0.1, -0.05) is 112 Å². The number of amides is 2. The number of carboxylic acid groups (broad SMARTS) is 1. The summed E-state index contributed by atoms with van der Waals surface area (Å²) in [6.45, 7) is 6.09. The summed E-state index contributed by atoms with van der Waals surface area (Å²) in [5.41, 5.74) is 6.71. The predicted octanol–water partition coefficient (Wildman–Crippen LogP) is 9.09. The second-order valence-corrected chi connectivity index (χ2v) is 11.8. The first-order valence-electron chi connectivity index (χ1n) is 16.5. The van der Waals surface area contributed by atoms with Gasteiger partial charge in [0.1, 0.15) is 5.82 Å². The van der Waals surface area contributed by atoms with Gasteiger partial charge in [0, 0.05) is 25.2 Å². The Kier molecular flexibility index (Phi) is 11.2. The van der Waals surface area contributed by atoms with E-state index in [0.717, 1.165) is 77.8 Å². The van der Waals surface area contributed by atoms with Crippen molar-refractivity contribution in [1.29, 1.82) is 0 Å². The Morgan fingerprint density at radius 2 is 1.54 bits per heavy atom. The average molecular weight is 617 g/mol. The second kappa shape index (κ2) is 15.9. The van der Waals surface area contributed by atoms with Crippen LogP contribution in [0, 0.1) is 0 Å². The number of nitrogens with one attached hydrogen (secondary N) is 1. The Morgan fingerprint density at radius 3 is 2.28 bits per heavy atom. The summed E-state index contributed by atoms with van der Waals surface area (Å²) in [6.07, 6.45) is 7.35. The maximum absolute atomic E-state index is 13.6. The number of carboxylic acids is 1. The van der Waals surface area contributed by atoms with Gasteiger partial charge in [0.25, 0.3) is 0 Å². The molecule has 0 bridgehead atoms. The van der Waals surface area contributed by atoms with Gasteiger partial charge < -0.3 is 15.0 Å². The SMILES string of the molecule is CCCCCCNC(=O)N(Cc1ccccc1)c1ccc2nc(CCCC)n(Cc3ccc(-c4ccccc4C(=O)O)cc3)c2c1. The highest BCUT2D eigenvalue weighted by atomic mass is 16.4. The van der Waals surface area contributed by atoms with Crippen LogP contribution in [0.1, 0.15) is 79.7 Å². The minimum Gasteiger partial charge on any atom is -0.478 e. The zero-order valence-corrected chi connectivity index (χ0v) is 26.9. The molecule has 4 aromatic carbocycles. The highest BCUT2D eigenvalue weighted by Gasteiger charge is 2.19. The van der Waals surface area contributed by atoms with Crippen LogP contribution in [0.2, 0.25) is 0 Å². The summed E-state index contributed by atoms with van der Waals surface area (Å²) >= 11 is 0. The molecule has 0 aliphatic rings. The molecule has 2 N–H and O–H groups in total. The zero-order chi connectivity index (χ0) is 32.3. The highest BCUT2D eigenvalue weighted by molar-refractivity contribution is 5.96. The van der Waals surface area contributed by atoms with Crippen LogP contribution in [-0.4, -0.2) is 33.2 Å². The molecule has 238 valence electrons. The van der Waals surface area contributed by atoms with Crippen LogP contribution in [0.4, 0.5) is 10.5 Å². The molecule has 1 heterocycles. The van der Waals surface area contributed by atoms with Gasteiger partial charge >= 0.3 is 12.0 Å². The van der Waals surface area contributed by atoms with E-state index >= 15 is 0 Å². The van der Waals surface area contributed by atoms with E-state index < -0.39 is 5.97 Å². The van der Waals surface area contributed by atoms with Crippen LogP contribution in [-0.2, 0) is 19.5 Å². The lowest BCUT2D eigenvalue weighted by molar-refractivity contribution is 0.0697. The number of urea groups is 1. The van der Waals surface area contributed by atoms with E-state index in [1.54, 1.807) is 12.1 Å². The molecule has 46 heavy (non-hydrogen) atoms. The molecule has 0 fully saturated rings. The molecule has 7 nitrogen and oxygen atoms in total. The number of aromatic nitrogens is 2. The standard InChI is InChI=1S/C39H44N4O3/c1-3-5-7-13-25-40-39(46)42(27-29-14-9-8-10-15-29)32-23-24-35-36(26-32)43(37(41-35)18-6-4-2)28-30-19-21-31(22-20-30)33-16-11-12-17-34(33)38(44)45/h8-12,14-17,19-24,26H,3-7,13,18,25,27-28H2,1-2H3,(H,40,46)(H,44,45). The fourth-order valence-electron chi connectivity index (χ4n) is 5.81. The first-order chi connectivity index (χ1) is 22.5. The maximum atomic E-state index is 13.6. The highest BCUT2D eigenvalue weighted by Crippen LogP contribution is 2.28. The molecular weight excluding hydrogens is 572 g/mol. The van der Waals surface area contributed by atoms with Crippen molar-refractivity contribution in [1.82, 2.24) is 14.9 Å². The molecule has 0 aliphatic heterocycles. The molecular formula is C39H44N4O3. The van der Waals surface area contributed by atoms with E-state index in [9.17, 15) is 14.7 Å². The van der Waals surface area contributed by atoms with Crippen molar-refractivity contribution in [3.63, 3.8) is 0 Å². The van der Waals surface area contributed by atoms with E-state index in [0.29, 0.717) is 25.2 Å². The minimum atomic E-state index is -0.938. The molecule has 0 aliphatic carbocycles. The van der Waals surface area contributed by atoms with E-state index in [1.165, 1.54) is 6.42 Å². The van der Waals surface area contributed by atoms with Crippen molar-refractivity contribution in [3.8, 4) is 11.1 Å². The third-order valence-electron chi connectivity index (χ3n) is 8.37. The summed E-state index contributed by atoms with van der Waals surface area (Å²) in [6, 6.07) is 31.3. The molecule has 0 spiro atoms. The summed E-state index contributed by atoms with van der Waals surface area (Å²) in [7, 11) is 0. The first kappa shape index (κ1) is 32.5. The molecule has 7 heteroatoms. The number of rotatable bonds is 15. The van der Waals surface area contributed by atoms with Crippen LogP contribution in [0.25, 0.3) is 22.2 Å². The Morgan fingerprint density at radius 1 is 0.804 bits per heavy atom. The lowest BCUT2D eigenvalue weighted by atomic mass is 9.99. The topological polar surface area (TPSA) is 87.5 Å². The lowest BCUT2D eigenvalue weighted by Gasteiger charge is -2.24. The van der Waals surface area contributed by atoms with Gasteiger partial charge in [-0.2, -0.15) is 0 Å². The van der Waals surface area contributed by atoms with Crippen LogP contribution in [0.15, 0.2) is 97.1 Å². The number of aryl methyl sites for hydroxylation is 1. The van der Waals surface area contributed by atoms with Crippen LogP contribution in [0.3, 0.4) is 0 Å². The number of carbonyl (C=O) groups is 2. The number of benzene rings is 4. The lowest BCUT2D eigenvalue weighted by Crippen LogP contribution is -2.40. The zero-order valence-electron chi connectivity index (χ0n) is 26.9. The second-order valence-electron chi connectivity index (χ2n) is 11.8. The van der Waals surface area contributed by atoms with Crippen molar-refractivity contribution >= 4 is 28.7 Å². The predicted molar refractivity (Wildman–Crippen MR) is 186 cm³/mol. The monoisotopic (exact) mass is 616 g/mol. The van der Waals surface area contributed by atoms with Crippen LogP contribution < -0.4 is 10.2 Å². The van der Waals surface area contributed by atoms with Crippen LogP contribution in [0.5, 0.6) is 0 Å². The van der Waals surface area contributed by atoms with Gasteiger partial charge in [0.05, 0.1) is 23.1 Å². The quantitative estimate of drug-likeness (QED) is 0.115. The summed E-state index contributed by atoms with van der Waals surface area (Å²) in [4.78, 5) is 32.3. The maximum Gasteiger partial charge on any atom is 0.336 e. The molecule has 0 unspecified atom stereocenters. The number of fused-ring (bicyclic) bond motifs is 1. The molecule has 1 aromatic heterocycles. The molecule has 0 saturated heterocycles. The molecule has 0 atom stereocenters. The van der Waals surface area contributed by atoms with Crippen molar-refractivity contribution in [2.45, 2.75) is 71.9 Å². The van der Waals surface area contributed by atoms with Crippen molar-refractivity contribution in [2.24, 2.45) is 0 Å². The number of nitrogens with zero attached hydrogens (tertiary/aromatic N) is 3. The molecule has 2 amide bonds. The molecule has 5 aromatic rings. The van der Waals surface area contributed by atoms with Gasteiger partial charge in [0.2, 0.25) is 0 Å². The number of imidazole rings is 1. The number of anilines is 1. The van der Waals surface area contributed by atoms with Gasteiger partial charge in [-0.25, -0.2) is 14.6 Å². The van der Waals surface area contributed by atoms with E-state index in [2.05, 4.69) is 41.9 Å². The number of carbonyl (C=O) groups excluding carboxylic acids is 1. The van der Waals surface area contributed by atoms with Gasteiger partial charge in [-0.15, -0.1) is 0 Å². The smallest absolute Gasteiger partial charge is 0.336 e. The summed E-state index contributed by atoms with van der Waals surface area (Å²) in [5.74, 6) is 0.0803. The number of hydrogen-bond donors (Lipinski definition) is 2. The Hall–Kier alpha value is -4.91. The Labute approximate surface area is 271 Å². The van der Waals surface area contributed by atoms with Crippen molar-refractivity contribution in [3.05, 3.63) is 120 Å². The van der Waals surface area contributed by atoms with Crippen molar-refractivity contribution < 1.29 is 14.7 Å². The minimum absolute atomic E-state index is 0.103. The van der Waals surface area contributed by atoms with E-state index in [-0.39, 0.29) is 11.6 Å². The molecule has 0 radical (unpaired) electrons. The largest absolute Gasteiger partial charge is 0.478 e. The molecule has 5 rings (SSSR count). The van der Waals surface area contributed by atoms with Gasteiger partial charge in [-0.05, 0) is 59.4 Å². The normalized spacial score (nSPS) is 11.1.